The van der Waals surface area contributed by atoms with E-state index in [1.165, 1.54) is 5.56 Å². The van der Waals surface area contributed by atoms with Crippen LogP contribution in [0, 0.1) is 0 Å². The largest absolute Gasteiger partial charge is 0.261 e. The van der Waals surface area contributed by atoms with Gasteiger partial charge in [-0.05, 0) is 18.1 Å². The topological polar surface area (TPSA) is 38.7 Å². The molecule has 0 spiro atoms. The molecule has 0 saturated carbocycles. The Morgan fingerprint density at radius 3 is 2.53 bits per heavy atom. The molecule has 76 valence electrons. The van der Waals surface area contributed by atoms with Gasteiger partial charge in [-0.15, -0.1) is 0 Å². The summed E-state index contributed by atoms with van der Waals surface area (Å²) in [6, 6.07) is 4.09. The Bertz CT molecular complexity index is 409. The summed E-state index contributed by atoms with van der Waals surface area (Å²) < 4.78 is 0. The minimum absolute atomic E-state index is 0.820. The number of nitrogens with zero attached hydrogens (tertiary/aromatic N) is 3. The fourth-order valence-corrected chi connectivity index (χ4v) is 1.44. The molecule has 2 heterocycles. The smallest absolute Gasteiger partial charge is 0.107 e. The van der Waals surface area contributed by atoms with E-state index in [1.807, 2.05) is 12.3 Å². The van der Waals surface area contributed by atoms with Crippen LogP contribution in [0.25, 0.3) is 11.4 Å². The summed E-state index contributed by atoms with van der Waals surface area (Å²) >= 11 is 0. The van der Waals surface area contributed by atoms with Crippen LogP contribution in [0.4, 0.5) is 0 Å². The molecule has 2 rings (SSSR count). The Labute approximate surface area is 89.2 Å². The van der Waals surface area contributed by atoms with E-state index in [1.54, 1.807) is 18.6 Å². The number of aryl methyl sites for hydroxylation is 1. The van der Waals surface area contributed by atoms with Crippen molar-refractivity contribution in [3.05, 3.63) is 42.5 Å². The van der Waals surface area contributed by atoms with E-state index >= 15 is 0 Å². The lowest BCUT2D eigenvalue weighted by Gasteiger charge is -2.00. The van der Waals surface area contributed by atoms with Crippen molar-refractivity contribution in [2.24, 2.45) is 0 Å². The predicted molar refractivity (Wildman–Crippen MR) is 59.3 cm³/mol. The summed E-state index contributed by atoms with van der Waals surface area (Å²) in [5, 5.41) is 0. The fraction of sp³-hybridized carbons (Fsp3) is 0.250. The van der Waals surface area contributed by atoms with Crippen molar-refractivity contribution < 1.29 is 0 Å². The van der Waals surface area contributed by atoms with Gasteiger partial charge in [-0.25, -0.2) is 0 Å². The first-order chi connectivity index (χ1) is 7.40. The highest BCUT2D eigenvalue weighted by atomic mass is 14.8. The normalized spacial score (nSPS) is 10.2. The van der Waals surface area contributed by atoms with Crippen molar-refractivity contribution in [2.45, 2.75) is 19.8 Å². The number of hydrogen-bond donors (Lipinski definition) is 0. The third-order valence-electron chi connectivity index (χ3n) is 2.19. The molecule has 2 aromatic rings. The zero-order valence-corrected chi connectivity index (χ0v) is 8.72. The lowest BCUT2D eigenvalue weighted by Crippen LogP contribution is -1.90. The average molecular weight is 199 g/mol. The molecule has 0 fully saturated rings. The lowest BCUT2D eigenvalue weighted by molar-refractivity contribution is 0.914. The summed E-state index contributed by atoms with van der Waals surface area (Å²) in [5.74, 6) is 0. The van der Waals surface area contributed by atoms with Crippen LogP contribution in [-0.4, -0.2) is 15.0 Å². The van der Waals surface area contributed by atoms with Crippen LogP contribution in [0.3, 0.4) is 0 Å². The highest BCUT2D eigenvalue weighted by molar-refractivity contribution is 5.52. The predicted octanol–water partition coefficient (Wildman–Crippen LogP) is 2.49. The second kappa shape index (κ2) is 4.64. The second-order valence-corrected chi connectivity index (χ2v) is 3.39. The highest BCUT2D eigenvalue weighted by Gasteiger charge is 1.99. The van der Waals surface area contributed by atoms with Gasteiger partial charge in [0, 0.05) is 18.6 Å². The molecule has 2 aromatic heterocycles. The molecule has 0 bridgehead atoms. The molecule has 0 aliphatic rings. The van der Waals surface area contributed by atoms with Crippen molar-refractivity contribution in [1.29, 1.82) is 0 Å². The first-order valence-electron chi connectivity index (χ1n) is 5.11. The summed E-state index contributed by atoms with van der Waals surface area (Å²) in [6.45, 7) is 2.16. The van der Waals surface area contributed by atoms with Crippen LogP contribution in [0.15, 0.2) is 36.9 Å². The Morgan fingerprint density at radius 1 is 1.00 bits per heavy atom. The molecule has 0 amide bonds. The van der Waals surface area contributed by atoms with Crippen molar-refractivity contribution >= 4 is 0 Å². The van der Waals surface area contributed by atoms with Crippen LogP contribution >= 0.6 is 0 Å². The van der Waals surface area contributed by atoms with E-state index in [-0.39, 0.29) is 0 Å². The Kier molecular flexibility index (Phi) is 3.02. The summed E-state index contributed by atoms with van der Waals surface area (Å²) in [5.41, 5.74) is 2.97. The number of pyridine rings is 1. The van der Waals surface area contributed by atoms with Crippen molar-refractivity contribution in [2.75, 3.05) is 0 Å². The van der Waals surface area contributed by atoms with Gasteiger partial charge in [-0.2, -0.15) is 0 Å². The lowest BCUT2D eigenvalue weighted by atomic mass is 10.1. The minimum Gasteiger partial charge on any atom is -0.261 e. The molecule has 0 radical (unpaired) electrons. The van der Waals surface area contributed by atoms with Crippen LogP contribution in [0.2, 0.25) is 0 Å². The summed E-state index contributed by atoms with van der Waals surface area (Å²) in [4.78, 5) is 12.6. The van der Waals surface area contributed by atoms with Crippen LogP contribution in [0.1, 0.15) is 18.9 Å². The standard InChI is InChI=1S/C12H13N3/c1-2-3-10-4-5-11(15-8-10)12-9-13-6-7-14-12/h4-9H,2-3H2,1H3. The quantitative estimate of drug-likeness (QED) is 0.762. The molecule has 0 saturated heterocycles. The molecule has 0 atom stereocenters. The van der Waals surface area contributed by atoms with E-state index in [2.05, 4.69) is 27.9 Å². The minimum atomic E-state index is 0.820. The van der Waals surface area contributed by atoms with Gasteiger partial charge < -0.3 is 0 Å². The van der Waals surface area contributed by atoms with E-state index in [4.69, 9.17) is 0 Å². The number of hydrogen-bond acceptors (Lipinski definition) is 3. The summed E-state index contributed by atoms with van der Waals surface area (Å²) in [7, 11) is 0. The van der Waals surface area contributed by atoms with Gasteiger partial charge >= 0.3 is 0 Å². The molecule has 0 aliphatic heterocycles. The third-order valence-corrected chi connectivity index (χ3v) is 2.19. The zero-order chi connectivity index (χ0) is 10.5. The zero-order valence-electron chi connectivity index (χ0n) is 8.72. The molecule has 0 N–H and O–H groups in total. The van der Waals surface area contributed by atoms with E-state index in [9.17, 15) is 0 Å². The first-order valence-corrected chi connectivity index (χ1v) is 5.11. The Hall–Kier alpha value is -1.77. The van der Waals surface area contributed by atoms with E-state index < -0.39 is 0 Å². The van der Waals surface area contributed by atoms with Gasteiger partial charge in [0.15, 0.2) is 0 Å². The van der Waals surface area contributed by atoms with Gasteiger partial charge in [0.2, 0.25) is 0 Å². The Balaban J connectivity index is 2.24. The number of rotatable bonds is 3. The molecule has 3 heteroatoms. The first kappa shape index (κ1) is 9.77. The number of aromatic nitrogens is 3. The molecule has 15 heavy (non-hydrogen) atoms. The van der Waals surface area contributed by atoms with Gasteiger partial charge in [0.05, 0.1) is 11.9 Å². The maximum Gasteiger partial charge on any atom is 0.107 e. The molecule has 0 aliphatic carbocycles. The van der Waals surface area contributed by atoms with E-state index in [0.717, 1.165) is 24.2 Å². The molecular formula is C12H13N3. The SMILES string of the molecule is CCCc1ccc(-c2cnccn2)nc1. The van der Waals surface area contributed by atoms with Gasteiger partial charge in [0.25, 0.3) is 0 Å². The average Bonchev–Trinajstić information content (AvgIpc) is 2.32. The van der Waals surface area contributed by atoms with Crippen LogP contribution < -0.4 is 0 Å². The molecular weight excluding hydrogens is 186 g/mol. The molecule has 0 aromatic carbocycles. The van der Waals surface area contributed by atoms with Gasteiger partial charge in [-0.3, -0.25) is 15.0 Å². The van der Waals surface area contributed by atoms with Crippen molar-refractivity contribution in [1.82, 2.24) is 15.0 Å². The van der Waals surface area contributed by atoms with E-state index in [0.29, 0.717) is 0 Å². The monoisotopic (exact) mass is 199 g/mol. The second-order valence-electron chi connectivity index (χ2n) is 3.39. The molecule has 0 unspecified atom stereocenters. The Morgan fingerprint density at radius 2 is 1.93 bits per heavy atom. The van der Waals surface area contributed by atoms with Gasteiger partial charge in [-0.1, -0.05) is 19.4 Å². The molecule has 3 nitrogen and oxygen atoms in total. The van der Waals surface area contributed by atoms with Crippen LogP contribution in [-0.2, 0) is 6.42 Å². The summed E-state index contributed by atoms with van der Waals surface area (Å²) in [6.07, 6.45) is 9.20. The fourth-order valence-electron chi connectivity index (χ4n) is 1.44. The van der Waals surface area contributed by atoms with Crippen LogP contribution in [0.5, 0.6) is 0 Å². The van der Waals surface area contributed by atoms with Crippen molar-refractivity contribution in [3.8, 4) is 11.4 Å². The third kappa shape index (κ3) is 2.37. The maximum atomic E-state index is 4.37. The van der Waals surface area contributed by atoms with Gasteiger partial charge in [0.1, 0.15) is 5.69 Å². The van der Waals surface area contributed by atoms with Crippen molar-refractivity contribution in [3.63, 3.8) is 0 Å². The maximum absolute atomic E-state index is 4.37. The highest BCUT2D eigenvalue weighted by Crippen LogP contribution is 2.12.